The number of hydrogen-bond acceptors (Lipinski definition) is 4. The van der Waals surface area contributed by atoms with E-state index in [-0.39, 0.29) is 16.6 Å². The standard InChI is InChI=1S/C20H20N2O3S/c1-13(2)15-9-6-14(7-10-15)8-11-18(23)22-20(26)21-17-5-3-4-16(12-17)19(24)25/h3-13H,1-2H3,(H,24,25)(H2,21,22,23,26)/p-1/b11-8+. The Morgan fingerprint density at radius 2 is 1.81 bits per heavy atom. The fraction of sp³-hybridized carbons (Fsp3) is 0.150. The van der Waals surface area contributed by atoms with Gasteiger partial charge in [0.15, 0.2) is 5.11 Å². The Labute approximate surface area is 157 Å². The predicted molar refractivity (Wildman–Crippen MR) is 105 cm³/mol. The number of carbonyl (C=O) groups excluding carboxylic acids is 2. The van der Waals surface area contributed by atoms with Crippen LogP contribution in [0.15, 0.2) is 54.6 Å². The van der Waals surface area contributed by atoms with E-state index in [0.717, 1.165) is 5.56 Å². The van der Waals surface area contributed by atoms with Crippen LogP contribution < -0.4 is 15.7 Å². The topological polar surface area (TPSA) is 81.3 Å². The van der Waals surface area contributed by atoms with E-state index in [2.05, 4.69) is 24.5 Å². The second-order valence-corrected chi connectivity index (χ2v) is 6.37. The van der Waals surface area contributed by atoms with Gasteiger partial charge in [-0.05, 0) is 53.0 Å². The van der Waals surface area contributed by atoms with Crippen molar-refractivity contribution in [2.45, 2.75) is 19.8 Å². The summed E-state index contributed by atoms with van der Waals surface area (Å²) in [6.07, 6.45) is 3.08. The van der Waals surface area contributed by atoms with E-state index in [1.54, 1.807) is 18.2 Å². The van der Waals surface area contributed by atoms with Crippen LogP contribution in [0.5, 0.6) is 0 Å². The summed E-state index contributed by atoms with van der Waals surface area (Å²) in [6, 6.07) is 13.9. The van der Waals surface area contributed by atoms with E-state index in [1.165, 1.54) is 23.8 Å². The van der Waals surface area contributed by atoms with Gasteiger partial charge >= 0.3 is 0 Å². The van der Waals surface area contributed by atoms with Crippen LogP contribution >= 0.6 is 12.2 Å². The number of thiocarbonyl (C=S) groups is 1. The van der Waals surface area contributed by atoms with Crippen LogP contribution in [-0.2, 0) is 4.79 Å². The zero-order valence-electron chi connectivity index (χ0n) is 14.5. The van der Waals surface area contributed by atoms with Crippen LogP contribution in [-0.4, -0.2) is 17.0 Å². The first kappa shape index (κ1) is 19.3. The lowest BCUT2D eigenvalue weighted by molar-refractivity contribution is -0.255. The van der Waals surface area contributed by atoms with Crippen LogP contribution in [0.1, 0.15) is 41.3 Å². The minimum Gasteiger partial charge on any atom is -0.545 e. The molecule has 0 aliphatic carbocycles. The Balaban J connectivity index is 1.91. The maximum atomic E-state index is 11.9. The number of amides is 1. The van der Waals surface area contributed by atoms with Gasteiger partial charge in [-0.15, -0.1) is 0 Å². The second kappa shape index (κ2) is 8.92. The zero-order chi connectivity index (χ0) is 19.1. The van der Waals surface area contributed by atoms with Gasteiger partial charge in [0.1, 0.15) is 0 Å². The van der Waals surface area contributed by atoms with Gasteiger partial charge in [-0.3, -0.25) is 10.1 Å². The molecule has 2 aromatic carbocycles. The van der Waals surface area contributed by atoms with Crippen molar-refractivity contribution in [2.24, 2.45) is 0 Å². The molecule has 0 saturated carbocycles. The minimum atomic E-state index is -1.28. The Hall–Kier alpha value is -2.99. The molecule has 2 rings (SSSR count). The van der Waals surface area contributed by atoms with E-state index in [0.29, 0.717) is 11.6 Å². The molecule has 134 valence electrons. The molecule has 0 unspecified atom stereocenters. The quantitative estimate of drug-likeness (QED) is 0.627. The van der Waals surface area contributed by atoms with Crippen molar-refractivity contribution in [3.8, 4) is 0 Å². The van der Waals surface area contributed by atoms with E-state index < -0.39 is 5.97 Å². The molecule has 0 bridgehead atoms. The van der Waals surface area contributed by atoms with Gasteiger partial charge in [0, 0.05) is 11.8 Å². The lowest BCUT2D eigenvalue weighted by Crippen LogP contribution is -2.33. The molecule has 2 aromatic rings. The highest BCUT2D eigenvalue weighted by atomic mass is 32.1. The van der Waals surface area contributed by atoms with Crippen LogP contribution in [0, 0.1) is 0 Å². The number of aromatic carboxylic acids is 1. The number of carbonyl (C=O) groups is 2. The summed E-state index contributed by atoms with van der Waals surface area (Å²) in [7, 11) is 0. The highest BCUT2D eigenvalue weighted by Crippen LogP contribution is 2.15. The predicted octanol–water partition coefficient (Wildman–Crippen LogP) is 2.70. The second-order valence-electron chi connectivity index (χ2n) is 5.97. The van der Waals surface area contributed by atoms with Crippen molar-refractivity contribution in [3.05, 3.63) is 71.3 Å². The number of rotatable bonds is 5. The lowest BCUT2D eigenvalue weighted by Gasteiger charge is -2.10. The molecule has 2 N–H and O–H groups in total. The van der Waals surface area contributed by atoms with Crippen LogP contribution in [0.25, 0.3) is 6.08 Å². The summed E-state index contributed by atoms with van der Waals surface area (Å²) in [4.78, 5) is 22.8. The molecule has 0 aromatic heterocycles. The van der Waals surface area contributed by atoms with Crippen molar-refractivity contribution < 1.29 is 14.7 Å². The Kier molecular flexibility index (Phi) is 6.63. The third kappa shape index (κ3) is 5.82. The van der Waals surface area contributed by atoms with Gasteiger partial charge in [-0.25, -0.2) is 0 Å². The number of hydrogen-bond donors (Lipinski definition) is 2. The van der Waals surface area contributed by atoms with Crippen molar-refractivity contribution in [2.75, 3.05) is 5.32 Å². The molecule has 0 atom stereocenters. The smallest absolute Gasteiger partial charge is 0.250 e. The van der Waals surface area contributed by atoms with E-state index >= 15 is 0 Å². The fourth-order valence-corrected chi connectivity index (χ4v) is 2.42. The fourth-order valence-electron chi connectivity index (χ4n) is 2.20. The number of benzene rings is 2. The van der Waals surface area contributed by atoms with Crippen molar-refractivity contribution in [3.63, 3.8) is 0 Å². The number of anilines is 1. The molecule has 5 nitrogen and oxygen atoms in total. The third-order valence-electron chi connectivity index (χ3n) is 3.62. The molecule has 0 aliphatic rings. The minimum absolute atomic E-state index is 0.0221. The van der Waals surface area contributed by atoms with Gasteiger partial charge in [-0.2, -0.15) is 0 Å². The van der Waals surface area contributed by atoms with Crippen LogP contribution in [0.2, 0.25) is 0 Å². The van der Waals surface area contributed by atoms with Crippen LogP contribution in [0.4, 0.5) is 5.69 Å². The van der Waals surface area contributed by atoms with E-state index in [1.807, 2.05) is 24.3 Å². The highest BCUT2D eigenvalue weighted by Gasteiger charge is 2.03. The summed E-state index contributed by atoms with van der Waals surface area (Å²) >= 11 is 5.06. The SMILES string of the molecule is CC(C)c1ccc(/C=C/C(=O)NC(=S)Nc2cccc(C(=O)[O-])c2)cc1. The molecule has 6 heteroatoms. The molecular formula is C20H19N2O3S-. The van der Waals surface area contributed by atoms with Gasteiger partial charge in [0.2, 0.25) is 5.91 Å². The van der Waals surface area contributed by atoms with Gasteiger partial charge < -0.3 is 15.2 Å². The zero-order valence-corrected chi connectivity index (χ0v) is 15.3. The van der Waals surface area contributed by atoms with Crippen molar-refractivity contribution >= 4 is 41.0 Å². The number of carboxylic acids is 1. The first-order valence-electron chi connectivity index (χ1n) is 8.06. The number of nitrogens with one attached hydrogen (secondary N) is 2. The Morgan fingerprint density at radius 1 is 1.12 bits per heavy atom. The molecule has 0 aliphatic heterocycles. The number of carboxylic acid groups (broad SMARTS) is 1. The molecule has 1 amide bonds. The largest absolute Gasteiger partial charge is 0.545 e. The first-order chi connectivity index (χ1) is 12.3. The summed E-state index contributed by atoms with van der Waals surface area (Å²) < 4.78 is 0. The van der Waals surface area contributed by atoms with Gasteiger partial charge in [-0.1, -0.05) is 50.2 Å². The summed E-state index contributed by atoms with van der Waals surface area (Å²) in [5.41, 5.74) is 2.61. The maximum absolute atomic E-state index is 11.9. The van der Waals surface area contributed by atoms with E-state index in [9.17, 15) is 14.7 Å². The lowest BCUT2D eigenvalue weighted by atomic mass is 10.0. The molecule has 0 spiro atoms. The normalized spacial score (nSPS) is 10.7. The average molecular weight is 367 g/mol. The summed E-state index contributed by atoms with van der Waals surface area (Å²) in [5, 5.41) is 16.2. The van der Waals surface area contributed by atoms with Crippen molar-refractivity contribution in [1.82, 2.24) is 5.32 Å². The van der Waals surface area contributed by atoms with Gasteiger partial charge in [0.25, 0.3) is 0 Å². The Morgan fingerprint density at radius 3 is 2.42 bits per heavy atom. The summed E-state index contributed by atoms with van der Waals surface area (Å²) in [6.45, 7) is 4.24. The third-order valence-corrected chi connectivity index (χ3v) is 3.83. The molecule has 0 fully saturated rings. The first-order valence-corrected chi connectivity index (χ1v) is 8.47. The molecule has 0 saturated heterocycles. The van der Waals surface area contributed by atoms with Crippen LogP contribution in [0.3, 0.4) is 0 Å². The molecular weight excluding hydrogens is 348 g/mol. The Bertz CT molecular complexity index is 842. The monoisotopic (exact) mass is 367 g/mol. The maximum Gasteiger partial charge on any atom is 0.250 e. The average Bonchev–Trinajstić information content (AvgIpc) is 2.60. The van der Waals surface area contributed by atoms with Gasteiger partial charge in [0.05, 0.1) is 5.97 Å². The summed E-state index contributed by atoms with van der Waals surface area (Å²) in [5.74, 6) is -1.21. The molecule has 0 heterocycles. The van der Waals surface area contributed by atoms with Crippen molar-refractivity contribution in [1.29, 1.82) is 0 Å². The molecule has 26 heavy (non-hydrogen) atoms. The highest BCUT2D eigenvalue weighted by molar-refractivity contribution is 7.80. The van der Waals surface area contributed by atoms with E-state index in [4.69, 9.17) is 12.2 Å². The molecule has 0 radical (unpaired) electrons.